The van der Waals surface area contributed by atoms with Crippen LogP contribution in [0.25, 0.3) is 11.0 Å². The molecule has 1 N–H and O–H groups in total. The molecule has 1 aromatic carbocycles. The minimum atomic E-state index is -0.892. The van der Waals surface area contributed by atoms with Crippen LogP contribution in [0, 0.1) is 0 Å². The molecule has 1 atom stereocenters. The number of para-hydroxylation sites is 1. The van der Waals surface area contributed by atoms with Gasteiger partial charge >= 0.3 is 5.97 Å². The van der Waals surface area contributed by atoms with Gasteiger partial charge in [0.1, 0.15) is 5.58 Å². The van der Waals surface area contributed by atoms with Crippen molar-refractivity contribution < 1.29 is 14.3 Å². The summed E-state index contributed by atoms with van der Waals surface area (Å²) in [5.74, 6) is -0.820. The lowest BCUT2D eigenvalue weighted by Crippen LogP contribution is -2.31. The van der Waals surface area contributed by atoms with Gasteiger partial charge in [-0.15, -0.1) is 0 Å². The Kier molecular flexibility index (Phi) is 2.46. The third kappa shape index (κ3) is 1.40. The first kappa shape index (κ1) is 10.7. The average molecular weight is 218 g/mol. The van der Waals surface area contributed by atoms with Gasteiger partial charge in [-0.1, -0.05) is 25.1 Å². The van der Waals surface area contributed by atoms with E-state index < -0.39 is 11.4 Å². The predicted octanol–water partition coefficient (Wildman–Crippen LogP) is 3.19. The van der Waals surface area contributed by atoms with Crippen molar-refractivity contribution in [3.8, 4) is 0 Å². The molecule has 1 heterocycles. The van der Waals surface area contributed by atoms with E-state index in [1.807, 2.05) is 31.2 Å². The van der Waals surface area contributed by atoms with Crippen molar-refractivity contribution in [2.45, 2.75) is 25.7 Å². The van der Waals surface area contributed by atoms with Gasteiger partial charge in [0, 0.05) is 10.9 Å². The molecule has 0 aliphatic carbocycles. The largest absolute Gasteiger partial charge is 0.481 e. The number of hydrogen-bond donors (Lipinski definition) is 1. The summed E-state index contributed by atoms with van der Waals surface area (Å²) in [5.41, 5.74) is 0.524. The number of aliphatic carboxylic acids is 1. The Hall–Kier alpha value is -1.77. The summed E-state index contributed by atoms with van der Waals surface area (Å²) in [6.45, 7) is 3.60. The van der Waals surface area contributed by atoms with Gasteiger partial charge in [-0.2, -0.15) is 0 Å². The molecule has 2 rings (SSSR count). The molecule has 0 saturated heterocycles. The Morgan fingerprint density at radius 1 is 1.44 bits per heavy atom. The molecule has 3 nitrogen and oxygen atoms in total. The molecule has 2 aromatic rings. The molecular weight excluding hydrogens is 204 g/mol. The lowest BCUT2D eigenvalue weighted by molar-refractivity contribution is -0.143. The van der Waals surface area contributed by atoms with Crippen LogP contribution in [0.4, 0.5) is 0 Å². The number of hydrogen-bond acceptors (Lipinski definition) is 2. The van der Waals surface area contributed by atoms with E-state index in [2.05, 4.69) is 0 Å². The van der Waals surface area contributed by atoms with Crippen molar-refractivity contribution in [1.29, 1.82) is 0 Å². The Bertz CT molecular complexity index is 527. The summed E-state index contributed by atoms with van der Waals surface area (Å²) in [6.07, 6.45) is 2.12. The normalized spacial score (nSPS) is 14.9. The second-order valence-corrected chi connectivity index (χ2v) is 4.14. The summed E-state index contributed by atoms with van der Waals surface area (Å²) in [6, 6.07) is 7.45. The fourth-order valence-electron chi connectivity index (χ4n) is 1.88. The molecule has 0 bridgehead atoms. The van der Waals surface area contributed by atoms with Crippen molar-refractivity contribution in [3.05, 3.63) is 36.1 Å². The summed E-state index contributed by atoms with van der Waals surface area (Å²) in [4.78, 5) is 11.4. The Morgan fingerprint density at radius 2 is 2.19 bits per heavy atom. The molecule has 0 amide bonds. The molecule has 1 aromatic heterocycles. The third-order valence-corrected chi connectivity index (χ3v) is 3.25. The van der Waals surface area contributed by atoms with Crippen molar-refractivity contribution in [3.63, 3.8) is 0 Å². The van der Waals surface area contributed by atoms with Gasteiger partial charge in [-0.25, -0.2) is 0 Å². The Morgan fingerprint density at radius 3 is 2.81 bits per heavy atom. The number of carbonyl (C=O) groups is 1. The number of carboxylic acids is 1. The molecule has 84 valence electrons. The van der Waals surface area contributed by atoms with Crippen LogP contribution in [-0.4, -0.2) is 11.1 Å². The molecule has 1 unspecified atom stereocenters. The first-order valence-electron chi connectivity index (χ1n) is 5.29. The second kappa shape index (κ2) is 3.67. The highest BCUT2D eigenvalue weighted by atomic mass is 16.4. The van der Waals surface area contributed by atoms with Crippen LogP contribution < -0.4 is 0 Å². The van der Waals surface area contributed by atoms with E-state index in [1.54, 1.807) is 13.2 Å². The lowest BCUT2D eigenvalue weighted by atomic mass is 9.79. The summed E-state index contributed by atoms with van der Waals surface area (Å²) < 4.78 is 5.38. The van der Waals surface area contributed by atoms with Crippen molar-refractivity contribution in [1.82, 2.24) is 0 Å². The number of furan rings is 1. The zero-order valence-corrected chi connectivity index (χ0v) is 9.36. The summed E-state index contributed by atoms with van der Waals surface area (Å²) in [5, 5.41) is 10.3. The van der Waals surface area contributed by atoms with Crippen LogP contribution in [0.1, 0.15) is 25.8 Å². The second-order valence-electron chi connectivity index (χ2n) is 4.14. The fourth-order valence-corrected chi connectivity index (χ4v) is 1.88. The molecule has 0 saturated carbocycles. The Labute approximate surface area is 93.7 Å². The zero-order chi connectivity index (χ0) is 11.8. The molecular formula is C13H14O3. The maximum Gasteiger partial charge on any atom is 0.313 e. The van der Waals surface area contributed by atoms with Crippen LogP contribution in [-0.2, 0) is 10.2 Å². The van der Waals surface area contributed by atoms with Gasteiger partial charge in [0.05, 0.1) is 11.7 Å². The van der Waals surface area contributed by atoms with E-state index in [4.69, 9.17) is 4.42 Å². The predicted molar refractivity (Wildman–Crippen MR) is 61.5 cm³/mol. The molecule has 0 fully saturated rings. The SMILES string of the molecule is CCC(C)(C(=O)O)c1cccc2ccoc12. The third-order valence-electron chi connectivity index (χ3n) is 3.25. The van der Waals surface area contributed by atoms with Gasteiger partial charge in [-0.3, -0.25) is 4.79 Å². The first-order valence-corrected chi connectivity index (χ1v) is 5.29. The maximum absolute atomic E-state index is 11.4. The van der Waals surface area contributed by atoms with Gasteiger partial charge < -0.3 is 9.52 Å². The van der Waals surface area contributed by atoms with Crippen LogP contribution in [0.3, 0.4) is 0 Å². The number of fused-ring (bicyclic) bond motifs is 1. The topological polar surface area (TPSA) is 50.4 Å². The van der Waals surface area contributed by atoms with Gasteiger partial charge in [0.25, 0.3) is 0 Å². The van der Waals surface area contributed by atoms with E-state index in [9.17, 15) is 9.90 Å². The molecule has 0 spiro atoms. The molecule has 0 aliphatic rings. The van der Waals surface area contributed by atoms with Gasteiger partial charge in [0.2, 0.25) is 0 Å². The minimum Gasteiger partial charge on any atom is -0.481 e. The van der Waals surface area contributed by atoms with Crippen LogP contribution in [0.5, 0.6) is 0 Å². The highest BCUT2D eigenvalue weighted by molar-refractivity contribution is 5.89. The van der Waals surface area contributed by atoms with E-state index in [1.165, 1.54) is 0 Å². The van der Waals surface area contributed by atoms with Crippen molar-refractivity contribution in [2.75, 3.05) is 0 Å². The van der Waals surface area contributed by atoms with Crippen LogP contribution >= 0.6 is 0 Å². The van der Waals surface area contributed by atoms with E-state index in [-0.39, 0.29) is 0 Å². The van der Waals surface area contributed by atoms with Crippen molar-refractivity contribution >= 4 is 16.9 Å². The molecule has 0 aliphatic heterocycles. The Balaban J connectivity index is 2.70. The highest BCUT2D eigenvalue weighted by Gasteiger charge is 2.35. The van der Waals surface area contributed by atoms with Gasteiger partial charge in [0.15, 0.2) is 0 Å². The van der Waals surface area contributed by atoms with Gasteiger partial charge in [-0.05, 0) is 19.4 Å². The molecule has 16 heavy (non-hydrogen) atoms. The number of carboxylic acid groups (broad SMARTS) is 1. The van der Waals surface area contributed by atoms with E-state index in [0.717, 1.165) is 10.9 Å². The lowest BCUT2D eigenvalue weighted by Gasteiger charge is -2.23. The number of rotatable bonds is 3. The highest BCUT2D eigenvalue weighted by Crippen LogP contribution is 2.33. The monoisotopic (exact) mass is 218 g/mol. The van der Waals surface area contributed by atoms with Crippen LogP contribution in [0.2, 0.25) is 0 Å². The van der Waals surface area contributed by atoms with E-state index in [0.29, 0.717) is 12.0 Å². The quantitative estimate of drug-likeness (QED) is 0.860. The molecule has 3 heteroatoms. The average Bonchev–Trinajstić information content (AvgIpc) is 2.75. The minimum absolute atomic E-state index is 0.530. The zero-order valence-electron chi connectivity index (χ0n) is 9.36. The standard InChI is InChI=1S/C13H14O3/c1-3-13(2,12(14)15)10-6-4-5-9-7-8-16-11(9)10/h4-8H,3H2,1-2H3,(H,14,15). The van der Waals surface area contributed by atoms with Crippen LogP contribution in [0.15, 0.2) is 34.9 Å². The molecule has 0 radical (unpaired) electrons. The summed E-state index contributed by atoms with van der Waals surface area (Å²) in [7, 11) is 0. The smallest absolute Gasteiger partial charge is 0.313 e. The fraction of sp³-hybridized carbons (Fsp3) is 0.308. The number of benzene rings is 1. The van der Waals surface area contributed by atoms with Crippen molar-refractivity contribution in [2.24, 2.45) is 0 Å². The first-order chi connectivity index (χ1) is 7.59. The van der Waals surface area contributed by atoms with E-state index >= 15 is 0 Å². The maximum atomic E-state index is 11.4. The summed E-state index contributed by atoms with van der Waals surface area (Å²) >= 11 is 0.